The summed E-state index contributed by atoms with van der Waals surface area (Å²) < 4.78 is 1.51. The molecule has 0 radical (unpaired) electrons. The summed E-state index contributed by atoms with van der Waals surface area (Å²) in [6.45, 7) is -0.157. The number of hydrazine groups is 1. The minimum absolute atomic E-state index is 0.157. The molecule has 158 valence electrons. The van der Waals surface area contributed by atoms with Crippen molar-refractivity contribution in [3.8, 4) is 0 Å². The van der Waals surface area contributed by atoms with Gasteiger partial charge in [0.2, 0.25) is 0 Å². The quantitative estimate of drug-likeness (QED) is 0.233. The van der Waals surface area contributed by atoms with E-state index in [1.807, 2.05) is 0 Å². The Hall–Kier alpha value is -3.37. The first-order valence-corrected chi connectivity index (χ1v) is 9.90. The van der Waals surface area contributed by atoms with Gasteiger partial charge in [-0.15, -0.1) is 5.10 Å². The number of amides is 1. The van der Waals surface area contributed by atoms with Crippen molar-refractivity contribution in [3.05, 3.63) is 41.7 Å². The first-order valence-electron chi connectivity index (χ1n) is 9.90. The number of fused-ring (bicyclic) bond motifs is 1. The molecule has 1 fully saturated rings. The van der Waals surface area contributed by atoms with E-state index in [1.165, 1.54) is 15.7 Å². The molecular formula is C20H26N8O2. The second-order valence-corrected chi connectivity index (χ2v) is 7.56. The molecular weight excluding hydrogens is 384 g/mol. The Morgan fingerprint density at radius 3 is 2.80 bits per heavy atom. The van der Waals surface area contributed by atoms with Crippen LogP contribution in [0.2, 0.25) is 0 Å². The second-order valence-electron chi connectivity index (χ2n) is 7.56. The van der Waals surface area contributed by atoms with E-state index in [1.54, 1.807) is 31.3 Å². The minimum atomic E-state index is -0.187. The summed E-state index contributed by atoms with van der Waals surface area (Å²) in [5, 5.41) is 21.7. The van der Waals surface area contributed by atoms with Gasteiger partial charge in [0, 0.05) is 13.1 Å². The number of aliphatic hydroxyl groups excluding tert-OH is 1. The summed E-state index contributed by atoms with van der Waals surface area (Å²) in [6.07, 6.45) is 5.80. The molecule has 0 unspecified atom stereocenters. The molecule has 0 spiro atoms. The third-order valence-corrected chi connectivity index (χ3v) is 5.33. The number of carbonyl (C=O) groups excluding carboxylic acids is 1. The van der Waals surface area contributed by atoms with Gasteiger partial charge in [0.05, 0.1) is 29.9 Å². The van der Waals surface area contributed by atoms with Crippen molar-refractivity contribution in [2.75, 3.05) is 23.1 Å². The van der Waals surface area contributed by atoms with E-state index in [4.69, 9.17) is 11.6 Å². The number of carbonyl (C=O) groups is 1. The number of anilines is 4. The maximum absolute atomic E-state index is 12.7. The fourth-order valence-corrected chi connectivity index (χ4v) is 3.74. The number of nitrogens with zero attached hydrogens (tertiary/aromatic N) is 4. The standard InChI is InChI=1S/C20H26N8O2/c1-27(22)15-9-12(11-29)8-14(19(15)21)25-17-6-7-18-23-10-16(28(18)26-17)20(30)24-13-4-2-3-5-13/h6-10,13,29H,2-5,11,21-22H2,1H3,(H,24,30)(H,25,26). The van der Waals surface area contributed by atoms with Crippen molar-refractivity contribution < 1.29 is 9.90 Å². The van der Waals surface area contributed by atoms with Crippen LogP contribution in [0.25, 0.3) is 5.65 Å². The van der Waals surface area contributed by atoms with Crippen LogP contribution in [0, 0.1) is 0 Å². The summed E-state index contributed by atoms with van der Waals surface area (Å²) in [5.74, 6) is 6.14. The summed E-state index contributed by atoms with van der Waals surface area (Å²) >= 11 is 0. The first kappa shape index (κ1) is 19.9. The number of aliphatic hydroxyl groups is 1. The molecule has 10 nitrogen and oxygen atoms in total. The zero-order chi connectivity index (χ0) is 21.3. The Morgan fingerprint density at radius 2 is 2.10 bits per heavy atom. The van der Waals surface area contributed by atoms with Crippen LogP contribution < -0.4 is 27.2 Å². The predicted molar refractivity (Wildman–Crippen MR) is 115 cm³/mol. The van der Waals surface area contributed by atoms with Crippen molar-refractivity contribution in [3.63, 3.8) is 0 Å². The summed E-state index contributed by atoms with van der Waals surface area (Å²) in [6, 6.07) is 7.17. The van der Waals surface area contributed by atoms with Gasteiger partial charge >= 0.3 is 0 Å². The number of nitrogens with one attached hydrogen (secondary N) is 2. The average Bonchev–Trinajstić information content (AvgIpc) is 3.38. The molecule has 1 aromatic carbocycles. The van der Waals surface area contributed by atoms with E-state index >= 15 is 0 Å². The van der Waals surface area contributed by atoms with Gasteiger partial charge < -0.3 is 26.5 Å². The predicted octanol–water partition coefficient (Wildman–Crippen LogP) is 1.53. The lowest BCUT2D eigenvalue weighted by molar-refractivity contribution is 0.0931. The SMILES string of the molecule is CN(N)c1cc(CO)cc(Nc2ccc3ncc(C(=O)NC4CCCC4)n3n2)c1N. The average molecular weight is 410 g/mol. The van der Waals surface area contributed by atoms with E-state index in [0.717, 1.165) is 25.7 Å². The highest BCUT2D eigenvalue weighted by atomic mass is 16.3. The summed E-state index contributed by atoms with van der Waals surface area (Å²) in [4.78, 5) is 17.0. The van der Waals surface area contributed by atoms with E-state index in [-0.39, 0.29) is 18.6 Å². The number of imidazole rings is 1. The number of hydrogen-bond acceptors (Lipinski definition) is 8. The molecule has 3 aromatic rings. The van der Waals surface area contributed by atoms with Gasteiger partial charge in [0.15, 0.2) is 17.2 Å². The number of nitrogens with two attached hydrogens (primary N) is 2. The van der Waals surface area contributed by atoms with Gasteiger partial charge in [-0.25, -0.2) is 15.3 Å². The molecule has 30 heavy (non-hydrogen) atoms. The van der Waals surface area contributed by atoms with Crippen LogP contribution in [0.4, 0.5) is 22.9 Å². The zero-order valence-corrected chi connectivity index (χ0v) is 16.8. The van der Waals surface area contributed by atoms with E-state index in [0.29, 0.717) is 39.8 Å². The molecule has 2 aromatic heterocycles. The van der Waals surface area contributed by atoms with Crippen LogP contribution in [0.5, 0.6) is 0 Å². The molecule has 0 saturated heterocycles. The summed E-state index contributed by atoms with van der Waals surface area (Å²) in [5.41, 5.74) is 9.38. The second kappa shape index (κ2) is 8.17. The van der Waals surface area contributed by atoms with Crippen LogP contribution in [0.15, 0.2) is 30.5 Å². The fourth-order valence-electron chi connectivity index (χ4n) is 3.74. The van der Waals surface area contributed by atoms with Crippen LogP contribution in [-0.4, -0.2) is 38.7 Å². The fraction of sp³-hybridized carbons (Fsp3) is 0.350. The highest BCUT2D eigenvalue weighted by Gasteiger charge is 2.21. The monoisotopic (exact) mass is 410 g/mol. The highest BCUT2D eigenvalue weighted by molar-refractivity contribution is 5.93. The number of nitrogen functional groups attached to an aromatic ring is 1. The largest absolute Gasteiger partial charge is 0.395 e. The number of benzene rings is 1. The molecule has 4 rings (SSSR count). The third-order valence-electron chi connectivity index (χ3n) is 5.33. The molecule has 10 heteroatoms. The molecule has 1 aliphatic carbocycles. The third kappa shape index (κ3) is 3.87. The van der Waals surface area contributed by atoms with Gasteiger partial charge in [0.1, 0.15) is 0 Å². The smallest absolute Gasteiger partial charge is 0.271 e. The van der Waals surface area contributed by atoms with Gasteiger partial charge in [-0.1, -0.05) is 12.8 Å². The lowest BCUT2D eigenvalue weighted by Gasteiger charge is -2.19. The topological polar surface area (TPSA) is 147 Å². The molecule has 0 atom stereocenters. The van der Waals surface area contributed by atoms with Crippen molar-refractivity contribution in [1.82, 2.24) is 19.9 Å². The Kier molecular flexibility index (Phi) is 5.42. The van der Waals surface area contributed by atoms with Crippen molar-refractivity contribution in [2.45, 2.75) is 38.3 Å². The molecule has 1 amide bonds. The van der Waals surface area contributed by atoms with Crippen molar-refractivity contribution >= 4 is 34.4 Å². The van der Waals surface area contributed by atoms with E-state index in [9.17, 15) is 9.90 Å². The normalized spacial score (nSPS) is 14.2. The van der Waals surface area contributed by atoms with Crippen LogP contribution in [-0.2, 0) is 6.61 Å². The lowest BCUT2D eigenvalue weighted by Crippen LogP contribution is -2.33. The molecule has 1 aliphatic rings. The zero-order valence-electron chi connectivity index (χ0n) is 16.8. The van der Waals surface area contributed by atoms with Crippen molar-refractivity contribution in [1.29, 1.82) is 0 Å². The van der Waals surface area contributed by atoms with Gasteiger partial charge in [-0.3, -0.25) is 4.79 Å². The Labute approximate surface area is 173 Å². The number of aromatic nitrogens is 3. The number of rotatable bonds is 6. The maximum atomic E-state index is 12.7. The number of hydrogen-bond donors (Lipinski definition) is 5. The Balaban J connectivity index is 1.64. The van der Waals surface area contributed by atoms with Crippen LogP contribution >= 0.6 is 0 Å². The first-order chi connectivity index (χ1) is 14.5. The highest BCUT2D eigenvalue weighted by Crippen LogP contribution is 2.32. The minimum Gasteiger partial charge on any atom is -0.395 e. The van der Waals surface area contributed by atoms with E-state index < -0.39 is 0 Å². The van der Waals surface area contributed by atoms with Gasteiger partial charge in [0.25, 0.3) is 5.91 Å². The van der Waals surface area contributed by atoms with Crippen LogP contribution in [0.1, 0.15) is 41.7 Å². The molecule has 0 aliphatic heterocycles. The molecule has 1 saturated carbocycles. The Morgan fingerprint density at radius 1 is 1.33 bits per heavy atom. The lowest BCUT2D eigenvalue weighted by atomic mass is 10.1. The molecule has 0 bridgehead atoms. The van der Waals surface area contributed by atoms with Crippen LogP contribution in [0.3, 0.4) is 0 Å². The maximum Gasteiger partial charge on any atom is 0.271 e. The van der Waals surface area contributed by atoms with Crippen molar-refractivity contribution in [2.24, 2.45) is 5.84 Å². The molecule has 7 N–H and O–H groups in total. The van der Waals surface area contributed by atoms with E-state index in [2.05, 4.69) is 20.7 Å². The summed E-state index contributed by atoms with van der Waals surface area (Å²) in [7, 11) is 1.67. The Bertz CT molecular complexity index is 1070. The molecule has 2 heterocycles. The van der Waals surface area contributed by atoms with Gasteiger partial charge in [-0.2, -0.15) is 0 Å². The van der Waals surface area contributed by atoms with Gasteiger partial charge in [-0.05, 0) is 42.7 Å².